The molecule has 0 aliphatic carbocycles. The highest BCUT2D eigenvalue weighted by Crippen LogP contribution is 2.27. The van der Waals surface area contributed by atoms with Crippen molar-refractivity contribution in [3.05, 3.63) is 41.7 Å². The maximum Gasteiger partial charge on any atom is 0.229 e. The lowest BCUT2D eigenvalue weighted by Crippen LogP contribution is -2.45. The van der Waals surface area contributed by atoms with Crippen LogP contribution in [0.3, 0.4) is 0 Å². The smallest absolute Gasteiger partial charge is 0.229 e. The second-order valence-corrected chi connectivity index (χ2v) is 8.87. The van der Waals surface area contributed by atoms with Gasteiger partial charge in [-0.25, -0.2) is 9.97 Å². The molecule has 0 bridgehead atoms. The summed E-state index contributed by atoms with van der Waals surface area (Å²) < 4.78 is 0. The summed E-state index contributed by atoms with van der Waals surface area (Å²) in [4.78, 5) is 36.6. The maximum atomic E-state index is 12.7. The van der Waals surface area contributed by atoms with E-state index in [9.17, 15) is 9.59 Å². The molecular formula is C22H28N4O2S. The van der Waals surface area contributed by atoms with Crippen molar-refractivity contribution in [2.75, 3.05) is 18.4 Å². The van der Waals surface area contributed by atoms with Gasteiger partial charge >= 0.3 is 0 Å². The third kappa shape index (κ3) is 5.79. The minimum absolute atomic E-state index is 0.0238. The highest BCUT2D eigenvalue weighted by atomic mass is 32.2. The van der Waals surface area contributed by atoms with Gasteiger partial charge in [0.1, 0.15) is 0 Å². The predicted octanol–water partition coefficient (Wildman–Crippen LogP) is 4.08. The van der Waals surface area contributed by atoms with Crippen LogP contribution in [-0.2, 0) is 9.59 Å². The van der Waals surface area contributed by atoms with Crippen molar-refractivity contribution in [3.63, 3.8) is 0 Å². The molecule has 2 aromatic rings. The fraction of sp³-hybridized carbons (Fsp3) is 0.455. The molecule has 0 spiro atoms. The monoisotopic (exact) mass is 412 g/mol. The Morgan fingerprint density at radius 2 is 1.79 bits per heavy atom. The quantitative estimate of drug-likeness (QED) is 0.749. The number of aromatic nitrogens is 2. The molecule has 2 heterocycles. The van der Waals surface area contributed by atoms with Gasteiger partial charge in [0.2, 0.25) is 11.8 Å². The molecule has 1 aliphatic rings. The van der Waals surface area contributed by atoms with Gasteiger partial charge in [-0.3, -0.25) is 9.59 Å². The van der Waals surface area contributed by atoms with E-state index in [-0.39, 0.29) is 23.7 Å². The SMILES string of the molecule is Cc1cc(C)nc(Sc2ccc(NC(=O)C3CCCN(C(=O)C(C)C)C3)cc2)n1. The Hall–Kier alpha value is -2.41. The number of carbonyl (C=O) groups excluding carboxylic acids is 2. The number of nitrogens with zero attached hydrogens (tertiary/aromatic N) is 3. The van der Waals surface area contributed by atoms with Crippen LogP contribution >= 0.6 is 11.8 Å². The number of aryl methyl sites for hydroxylation is 2. The molecule has 7 heteroatoms. The van der Waals surface area contributed by atoms with Crippen LogP contribution in [0.25, 0.3) is 0 Å². The topological polar surface area (TPSA) is 75.2 Å². The summed E-state index contributed by atoms with van der Waals surface area (Å²) in [5.41, 5.74) is 2.65. The van der Waals surface area contributed by atoms with Gasteiger partial charge in [-0.2, -0.15) is 0 Å². The van der Waals surface area contributed by atoms with Crippen LogP contribution in [0, 0.1) is 25.7 Å². The van der Waals surface area contributed by atoms with Crippen molar-refractivity contribution >= 4 is 29.3 Å². The number of carbonyl (C=O) groups is 2. The van der Waals surface area contributed by atoms with Gasteiger partial charge in [-0.05, 0) is 68.8 Å². The van der Waals surface area contributed by atoms with Crippen molar-refractivity contribution in [3.8, 4) is 0 Å². The van der Waals surface area contributed by atoms with Crippen molar-refractivity contribution in [1.29, 1.82) is 0 Å². The van der Waals surface area contributed by atoms with Crippen LogP contribution in [0.2, 0.25) is 0 Å². The van der Waals surface area contributed by atoms with Crippen molar-refractivity contribution in [2.45, 2.75) is 50.6 Å². The minimum atomic E-state index is -0.163. The van der Waals surface area contributed by atoms with E-state index in [1.54, 1.807) is 0 Å². The minimum Gasteiger partial charge on any atom is -0.342 e. The molecule has 6 nitrogen and oxygen atoms in total. The molecule has 29 heavy (non-hydrogen) atoms. The first-order valence-corrected chi connectivity index (χ1v) is 10.8. The molecule has 0 saturated carbocycles. The lowest BCUT2D eigenvalue weighted by atomic mass is 9.96. The lowest BCUT2D eigenvalue weighted by molar-refractivity contribution is -0.137. The van der Waals surface area contributed by atoms with Gasteiger partial charge in [0.05, 0.1) is 5.92 Å². The number of likely N-dealkylation sites (tertiary alicyclic amines) is 1. The zero-order valence-electron chi connectivity index (χ0n) is 17.4. The van der Waals surface area contributed by atoms with Gasteiger partial charge in [0.15, 0.2) is 5.16 Å². The van der Waals surface area contributed by atoms with Crippen molar-refractivity contribution < 1.29 is 9.59 Å². The number of amides is 2. The Kier molecular flexibility index (Phi) is 6.90. The molecule has 1 saturated heterocycles. The standard InChI is InChI=1S/C22H28N4O2S/c1-14(2)21(28)26-11-5-6-17(13-26)20(27)25-18-7-9-19(10-8-18)29-22-23-15(3)12-16(4)24-22/h7-10,12,14,17H,5-6,11,13H2,1-4H3,(H,25,27). The molecule has 154 valence electrons. The summed E-state index contributed by atoms with van der Waals surface area (Å²) in [7, 11) is 0. The van der Waals surface area contributed by atoms with Crippen LogP contribution in [0.5, 0.6) is 0 Å². The van der Waals surface area contributed by atoms with E-state index in [1.165, 1.54) is 11.8 Å². The summed E-state index contributed by atoms with van der Waals surface area (Å²) >= 11 is 1.50. The summed E-state index contributed by atoms with van der Waals surface area (Å²) in [6.07, 6.45) is 1.67. The van der Waals surface area contributed by atoms with E-state index in [0.717, 1.165) is 46.5 Å². The number of hydrogen-bond donors (Lipinski definition) is 1. The molecule has 3 rings (SSSR count). The first kappa shape index (κ1) is 21.3. The third-order valence-electron chi connectivity index (χ3n) is 4.89. The number of nitrogens with one attached hydrogen (secondary N) is 1. The summed E-state index contributed by atoms with van der Waals surface area (Å²) in [6.45, 7) is 8.95. The van der Waals surface area contributed by atoms with E-state index >= 15 is 0 Å². The van der Waals surface area contributed by atoms with Gasteiger partial charge in [0.25, 0.3) is 0 Å². The average Bonchev–Trinajstić information content (AvgIpc) is 2.68. The molecule has 1 unspecified atom stereocenters. The average molecular weight is 413 g/mol. The van der Waals surface area contributed by atoms with Gasteiger partial charge in [-0.15, -0.1) is 0 Å². The lowest BCUT2D eigenvalue weighted by Gasteiger charge is -2.33. The third-order valence-corrected chi connectivity index (χ3v) is 5.76. The number of benzene rings is 1. The van der Waals surface area contributed by atoms with Gasteiger partial charge in [0, 0.05) is 41.0 Å². The van der Waals surface area contributed by atoms with Crippen LogP contribution < -0.4 is 5.32 Å². The Morgan fingerprint density at radius 3 is 2.41 bits per heavy atom. The Morgan fingerprint density at radius 1 is 1.14 bits per heavy atom. The fourth-order valence-electron chi connectivity index (χ4n) is 3.45. The Labute approximate surface area is 176 Å². The molecule has 1 atom stereocenters. The van der Waals surface area contributed by atoms with Crippen LogP contribution in [-0.4, -0.2) is 39.8 Å². The molecule has 1 N–H and O–H groups in total. The summed E-state index contributed by atoms with van der Waals surface area (Å²) in [5.74, 6) is -0.103. The van der Waals surface area contributed by atoms with Crippen LogP contribution in [0.1, 0.15) is 38.1 Å². The molecule has 1 aromatic carbocycles. The normalized spacial score (nSPS) is 16.7. The maximum absolute atomic E-state index is 12.7. The van der Waals surface area contributed by atoms with Crippen LogP contribution in [0.4, 0.5) is 5.69 Å². The molecule has 1 fully saturated rings. The zero-order valence-corrected chi connectivity index (χ0v) is 18.3. The van der Waals surface area contributed by atoms with E-state index in [4.69, 9.17) is 0 Å². The van der Waals surface area contributed by atoms with Crippen molar-refractivity contribution in [2.24, 2.45) is 11.8 Å². The molecule has 1 aromatic heterocycles. The Bertz CT molecular complexity index is 863. The molecule has 1 aliphatic heterocycles. The zero-order chi connectivity index (χ0) is 21.0. The second kappa shape index (κ2) is 9.39. The van der Waals surface area contributed by atoms with Gasteiger partial charge < -0.3 is 10.2 Å². The predicted molar refractivity (Wildman–Crippen MR) is 115 cm³/mol. The first-order valence-electron chi connectivity index (χ1n) is 10.0. The summed E-state index contributed by atoms with van der Waals surface area (Å²) in [5, 5.41) is 3.71. The Balaban J connectivity index is 1.59. The fourth-order valence-corrected chi connectivity index (χ4v) is 4.31. The van der Waals surface area contributed by atoms with E-state index in [1.807, 2.05) is 62.9 Å². The number of piperidine rings is 1. The van der Waals surface area contributed by atoms with E-state index in [0.29, 0.717) is 6.54 Å². The van der Waals surface area contributed by atoms with E-state index < -0.39 is 0 Å². The second-order valence-electron chi connectivity index (χ2n) is 7.83. The number of anilines is 1. The number of hydrogen-bond acceptors (Lipinski definition) is 5. The largest absolute Gasteiger partial charge is 0.342 e. The van der Waals surface area contributed by atoms with Gasteiger partial charge in [-0.1, -0.05) is 13.8 Å². The molecule has 0 radical (unpaired) electrons. The highest BCUT2D eigenvalue weighted by molar-refractivity contribution is 7.99. The summed E-state index contributed by atoms with van der Waals surface area (Å²) in [6, 6.07) is 9.64. The van der Waals surface area contributed by atoms with E-state index in [2.05, 4.69) is 15.3 Å². The van der Waals surface area contributed by atoms with Crippen LogP contribution in [0.15, 0.2) is 40.4 Å². The highest BCUT2D eigenvalue weighted by Gasteiger charge is 2.29. The molecular weight excluding hydrogens is 384 g/mol. The van der Waals surface area contributed by atoms with Crippen molar-refractivity contribution in [1.82, 2.24) is 14.9 Å². The number of rotatable bonds is 5. The first-order chi connectivity index (χ1) is 13.8. The molecule has 2 amide bonds.